The third kappa shape index (κ3) is 10.3. The molecule has 1 N–H and O–H groups in total. The molecule has 2 heterocycles. The molecule has 0 bridgehead atoms. The van der Waals surface area contributed by atoms with E-state index in [4.69, 9.17) is 18.6 Å². The SMILES string of the molecule is COc1ccc(CCN(Cc2ccco2)C(=O)CN(CCN2CCOCC2)C(=O)Nc2cc(C(F)(F)F)cc(C(F)(F)F)c2)cc1OC. The molecular weight excluding hydrogens is 650 g/mol. The fraction of sp³-hybridized carbons (Fsp3) is 0.438. The van der Waals surface area contributed by atoms with Crippen LogP contribution in [0.3, 0.4) is 0 Å². The normalized spacial score (nSPS) is 14.0. The van der Waals surface area contributed by atoms with Crippen LogP contribution in [0.15, 0.2) is 59.2 Å². The topological polar surface area (TPSA) is 96.7 Å². The number of nitrogens with zero attached hydrogens (tertiary/aromatic N) is 3. The molecule has 0 saturated carbocycles. The molecule has 10 nitrogen and oxygen atoms in total. The molecule has 1 aliphatic rings. The fourth-order valence-corrected chi connectivity index (χ4v) is 5.01. The lowest BCUT2D eigenvalue weighted by Gasteiger charge is -2.31. The van der Waals surface area contributed by atoms with Crippen molar-refractivity contribution in [3.63, 3.8) is 0 Å². The molecule has 1 aromatic heterocycles. The van der Waals surface area contributed by atoms with E-state index in [2.05, 4.69) is 5.32 Å². The number of amides is 3. The first-order valence-electron chi connectivity index (χ1n) is 14.9. The number of hydrogen-bond donors (Lipinski definition) is 1. The van der Waals surface area contributed by atoms with Crippen LogP contribution < -0.4 is 14.8 Å². The van der Waals surface area contributed by atoms with Crippen molar-refractivity contribution in [2.45, 2.75) is 25.3 Å². The van der Waals surface area contributed by atoms with Crippen molar-refractivity contribution in [2.75, 3.05) is 72.0 Å². The largest absolute Gasteiger partial charge is 0.493 e. The zero-order valence-electron chi connectivity index (χ0n) is 26.3. The van der Waals surface area contributed by atoms with Crippen molar-refractivity contribution in [2.24, 2.45) is 0 Å². The second-order valence-electron chi connectivity index (χ2n) is 10.9. The zero-order valence-corrected chi connectivity index (χ0v) is 26.3. The Hall–Kier alpha value is -4.44. The van der Waals surface area contributed by atoms with E-state index in [-0.39, 0.29) is 32.2 Å². The van der Waals surface area contributed by atoms with E-state index in [0.717, 1.165) is 10.5 Å². The first kappa shape index (κ1) is 36.4. The van der Waals surface area contributed by atoms with Gasteiger partial charge in [-0.3, -0.25) is 9.69 Å². The first-order valence-corrected chi connectivity index (χ1v) is 14.9. The summed E-state index contributed by atoms with van der Waals surface area (Å²) in [5, 5.41) is 2.15. The van der Waals surface area contributed by atoms with Gasteiger partial charge in [0.05, 0.1) is 51.4 Å². The highest BCUT2D eigenvalue weighted by Gasteiger charge is 2.37. The minimum absolute atomic E-state index is 0.0275. The van der Waals surface area contributed by atoms with Crippen molar-refractivity contribution in [1.29, 1.82) is 0 Å². The van der Waals surface area contributed by atoms with Gasteiger partial charge in [0.25, 0.3) is 0 Å². The Morgan fingerprint density at radius 2 is 1.54 bits per heavy atom. The smallest absolute Gasteiger partial charge is 0.416 e. The molecule has 1 aliphatic heterocycles. The van der Waals surface area contributed by atoms with Crippen LogP contribution in [0.1, 0.15) is 22.5 Å². The average Bonchev–Trinajstić information content (AvgIpc) is 3.57. The number of benzene rings is 2. The average molecular weight is 687 g/mol. The summed E-state index contributed by atoms with van der Waals surface area (Å²) in [4.78, 5) is 31.8. The van der Waals surface area contributed by atoms with E-state index >= 15 is 0 Å². The molecule has 16 heteroatoms. The van der Waals surface area contributed by atoms with Crippen molar-refractivity contribution < 1.29 is 54.6 Å². The Balaban J connectivity index is 1.57. The predicted octanol–water partition coefficient (Wildman–Crippen LogP) is 5.77. The summed E-state index contributed by atoms with van der Waals surface area (Å²) in [5.74, 6) is 0.954. The first-order chi connectivity index (χ1) is 22.8. The second-order valence-corrected chi connectivity index (χ2v) is 10.9. The lowest BCUT2D eigenvalue weighted by molar-refractivity contribution is -0.143. The number of nitrogens with one attached hydrogen (secondary N) is 1. The lowest BCUT2D eigenvalue weighted by atomic mass is 10.1. The van der Waals surface area contributed by atoms with Gasteiger partial charge in [-0.2, -0.15) is 26.3 Å². The number of methoxy groups -OCH3 is 2. The minimum Gasteiger partial charge on any atom is -0.493 e. The summed E-state index contributed by atoms with van der Waals surface area (Å²) in [6.07, 6.45) is -8.39. The molecule has 2 aromatic carbocycles. The summed E-state index contributed by atoms with van der Waals surface area (Å²) in [6, 6.07) is 8.39. The Morgan fingerprint density at radius 1 is 0.875 bits per heavy atom. The molecular formula is C32H36F6N4O6. The van der Waals surface area contributed by atoms with Gasteiger partial charge in [-0.15, -0.1) is 0 Å². The van der Waals surface area contributed by atoms with Crippen LogP contribution in [0.5, 0.6) is 11.5 Å². The van der Waals surface area contributed by atoms with Crippen molar-refractivity contribution in [1.82, 2.24) is 14.7 Å². The Kier molecular flexibility index (Phi) is 12.2. The Bertz CT molecular complexity index is 1480. The Labute approximate surface area is 273 Å². The maximum atomic E-state index is 13.8. The molecule has 0 radical (unpaired) electrons. The number of morpholine rings is 1. The molecule has 3 amide bonds. The van der Waals surface area contributed by atoms with E-state index in [9.17, 15) is 35.9 Å². The number of hydrogen-bond acceptors (Lipinski definition) is 7. The van der Waals surface area contributed by atoms with Gasteiger partial charge < -0.3 is 33.7 Å². The van der Waals surface area contributed by atoms with Crippen LogP contribution in [-0.2, 0) is 34.8 Å². The molecule has 0 unspecified atom stereocenters. The molecule has 4 rings (SSSR count). The molecule has 48 heavy (non-hydrogen) atoms. The molecule has 1 fully saturated rings. The third-order valence-electron chi connectivity index (χ3n) is 7.64. The van der Waals surface area contributed by atoms with Gasteiger partial charge in [-0.05, 0) is 54.4 Å². The van der Waals surface area contributed by atoms with E-state index in [1.807, 2.05) is 11.0 Å². The summed E-state index contributed by atoms with van der Waals surface area (Å²) < 4.78 is 102. The maximum absolute atomic E-state index is 13.8. The number of furan rings is 1. The van der Waals surface area contributed by atoms with Crippen molar-refractivity contribution in [3.8, 4) is 11.5 Å². The summed E-state index contributed by atoms with van der Waals surface area (Å²) >= 11 is 0. The molecule has 0 aliphatic carbocycles. The molecule has 1 saturated heterocycles. The van der Waals surface area contributed by atoms with Crippen LogP contribution >= 0.6 is 0 Å². The highest BCUT2D eigenvalue weighted by Crippen LogP contribution is 2.37. The van der Waals surface area contributed by atoms with Crippen LogP contribution in [0.25, 0.3) is 0 Å². The number of ether oxygens (including phenoxy) is 3. The van der Waals surface area contributed by atoms with Gasteiger partial charge in [0.2, 0.25) is 5.91 Å². The van der Waals surface area contributed by atoms with E-state index in [1.54, 1.807) is 24.3 Å². The van der Waals surface area contributed by atoms with Crippen LogP contribution in [-0.4, -0.2) is 93.3 Å². The highest BCUT2D eigenvalue weighted by atomic mass is 19.4. The number of alkyl halides is 6. The van der Waals surface area contributed by atoms with E-state index in [0.29, 0.717) is 62.1 Å². The predicted molar refractivity (Wildman–Crippen MR) is 162 cm³/mol. The molecule has 0 spiro atoms. The molecule has 3 aromatic rings. The lowest BCUT2D eigenvalue weighted by Crippen LogP contribution is -2.48. The Morgan fingerprint density at radius 3 is 2.12 bits per heavy atom. The number of urea groups is 1. The minimum atomic E-state index is -5.10. The zero-order chi connectivity index (χ0) is 34.9. The number of rotatable bonds is 13. The quantitative estimate of drug-likeness (QED) is 0.228. The fourth-order valence-electron chi connectivity index (χ4n) is 5.01. The van der Waals surface area contributed by atoms with E-state index < -0.39 is 47.6 Å². The summed E-state index contributed by atoms with van der Waals surface area (Å²) in [6.45, 7) is 1.91. The second kappa shape index (κ2) is 16.1. The third-order valence-corrected chi connectivity index (χ3v) is 7.64. The number of carbonyl (C=O) groups is 2. The van der Waals surface area contributed by atoms with Crippen molar-refractivity contribution >= 4 is 17.6 Å². The van der Waals surface area contributed by atoms with Gasteiger partial charge in [0.15, 0.2) is 11.5 Å². The monoisotopic (exact) mass is 686 g/mol. The van der Waals surface area contributed by atoms with Crippen LogP contribution in [0.2, 0.25) is 0 Å². The van der Waals surface area contributed by atoms with Gasteiger partial charge >= 0.3 is 18.4 Å². The van der Waals surface area contributed by atoms with E-state index in [1.165, 1.54) is 25.4 Å². The summed E-state index contributed by atoms with van der Waals surface area (Å²) in [5.41, 5.74) is -3.06. The van der Waals surface area contributed by atoms with Gasteiger partial charge in [0, 0.05) is 38.4 Å². The van der Waals surface area contributed by atoms with Crippen LogP contribution in [0, 0.1) is 0 Å². The standard InChI is InChI=1S/C32H36F6N4O6/c1-45-27-6-5-22(16-28(27)46-2)7-8-41(20-26-4-3-13-48-26)29(43)21-42(10-9-40-11-14-47-15-12-40)30(44)39-25-18-23(31(33,34)35)17-24(19-25)32(36,37)38/h3-6,13,16-19H,7-12,14-15,20-21H2,1-2H3,(H,39,44). The maximum Gasteiger partial charge on any atom is 0.416 e. The highest BCUT2D eigenvalue weighted by molar-refractivity contribution is 5.92. The number of anilines is 1. The van der Waals surface area contributed by atoms with Gasteiger partial charge in [-0.1, -0.05) is 6.07 Å². The van der Waals surface area contributed by atoms with Crippen LogP contribution in [0.4, 0.5) is 36.8 Å². The number of halogens is 6. The molecule has 262 valence electrons. The summed E-state index contributed by atoms with van der Waals surface area (Å²) in [7, 11) is 3.00. The van der Waals surface area contributed by atoms with Crippen molar-refractivity contribution in [3.05, 3.63) is 77.2 Å². The van der Waals surface area contributed by atoms with Gasteiger partial charge in [0.1, 0.15) is 12.3 Å². The molecule has 0 atom stereocenters. The van der Waals surface area contributed by atoms with Gasteiger partial charge in [-0.25, -0.2) is 4.79 Å². The number of carbonyl (C=O) groups excluding carboxylic acids is 2.